The molecule has 3 N–H and O–H groups in total. The summed E-state index contributed by atoms with van der Waals surface area (Å²) in [5, 5.41) is 7.58. The topological polar surface area (TPSA) is 87.3 Å². The van der Waals surface area contributed by atoms with Crippen LogP contribution in [-0.4, -0.2) is 24.8 Å². The molecule has 3 amide bonds. The van der Waals surface area contributed by atoms with Gasteiger partial charge in [0.2, 0.25) is 17.7 Å². The molecule has 0 radical (unpaired) electrons. The molecule has 2 rings (SSSR count). The van der Waals surface area contributed by atoms with Gasteiger partial charge in [-0.3, -0.25) is 14.4 Å². The molecule has 6 nitrogen and oxygen atoms in total. The number of benzene rings is 2. The van der Waals surface area contributed by atoms with Gasteiger partial charge in [0.1, 0.15) is 6.04 Å². The van der Waals surface area contributed by atoms with Crippen LogP contribution in [0.5, 0.6) is 0 Å². The number of carbonyl (C=O) groups is 3. The van der Waals surface area contributed by atoms with Crippen LogP contribution in [0.3, 0.4) is 0 Å². The molecule has 0 aromatic heterocycles. The zero-order valence-electron chi connectivity index (χ0n) is 15.5. The minimum atomic E-state index is -1.21. The molecule has 2 unspecified atom stereocenters. The van der Waals surface area contributed by atoms with Crippen LogP contribution in [0.4, 0.5) is 8.78 Å². The van der Waals surface area contributed by atoms with Crippen molar-refractivity contribution >= 4 is 17.7 Å². The third-order valence-electron chi connectivity index (χ3n) is 4.06. The Morgan fingerprint density at radius 3 is 2.18 bits per heavy atom. The molecule has 0 saturated heterocycles. The van der Waals surface area contributed by atoms with Crippen molar-refractivity contribution < 1.29 is 23.2 Å². The van der Waals surface area contributed by atoms with E-state index in [1.807, 2.05) is 0 Å². The lowest BCUT2D eigenvalue weighted by atomic mass is 10.0. The van der Waals surface area contributed by atoms with E-state index in [4.69, 9.17) is 0 Å². The Labute approximate surface area is 161 Å². The standard InChI is InChI=1S/C20H21F2N3O3/c1-12(26)24-17(13-6-4-3-5-7-13)11-18(27)25-19(20(28)23-2)14-8-9-15(21)16(22)10-14/h3-10,17,19H,11H2,1-2H3,(H,23,28)(H,24,26)(H,25,27). The Bertz CT molecular complexity index is 859. The normalized spacial score (nSPS) is 12.6. The van der Waals surface area contributed by atoms with E-state index in [2.05, 4.69) is 16.0 Å². The van der Waals surface area contributed by atoms with Crippen molar-refractivity contribution in [2.45, 2.75) is 25.4 Å². The fourth-order valence-electron chi connectivity index (χ4n) is 2.72. The molecular formula is C20H21F2N3O3. The smallest absolute Gasteiger partial charge is 0.246 e. The molecule has 0 heterocycles. The molecule has 148 valence electrons. The lowest BCUT2D eigenvalue weighted by Crippen LogP contribution is -2.40. The first-order valence-electron chi connectivity index (χ1n) is 8.59. The molecule has 8 heteroatoms. The van der Waals surface area contributed by atoms with E-state index in [9.17, 15) is 23.2 Å². The number of amides is 3. The fourth-order valence-corrected chi connectivity index (χ4v) is 2.72. The summed E-state index contributed by atoms with van der Waals surface area (Å²) in [6.45, 7) is 1.34. The number of hydrogen-bond donors (Lipinski definition) is 3. The van der Waals surface area contributed by atoms with Crippen LogP contribution in [0.2, 0.25) is 0 Å². The summed E-state index contributed by atoms with van der Waals surface area (Å²) >= 11 is 0. The highest BCUT2D eigenvalue weighted by Gasteiger charge is 2.25. The highest BCUT2D eigenvalue weighted by Crippen LogP contribution is 2.20. The average molecular weight is 389 g/mol. The maximum Gasteiger partial charge on any atom is 0.246 e. The summed E-state index contributed by atoms with van der Waals surface area (Å²) < 4.78 is 26.7. The summed E-state index contributed by atoms with van der Waals surface area (Å²) in [5.41, 5.74) is 0.819. The molecule has 0 bridgehead atoms. The third kappa shape index (κ3) is 5.60. The van der Waals surface area contributed by atoms with Crippen molar-refractivity contribution in [1.82, 2.24) is 16.0 Å². The van der Waals surface area contributed by atoms with Gasteiger partial charge in [-0.2, -0.15) is 0 Å². The molecule has 2 aromatic carbocycles. The predicted molar refractivity (Wildman–Crippen MR) is 98.9 cm³/mol. The summed E-state index contributed by atoms with van der Waals surface area (Å²) in [4.78, 5) is 36.2. The molecule has 2 atom stereocenters. The first-order chi connectivity index (χ1) is 13.3. The molecule has 0 saturated carbocycles. The molecule has 2 aromatic rings. The maximum absolute atomic E-state index is 13.6. The SMILES string of the molecule is CNC(=O)C(NC(=O)CC(NC(C)=O)c1ccccc1)c1ccc(F)c(F)c1. The molecule has 0 aliphatic heterocycles. The largest absolute Gasteiger partial charge is 0.357 e. The summed E-state index contributed by atoms with van der Waals surface area (Å²) in [7, 11) is 1.37. The van der Waals surface area contributed by atoms with Crippen LogP contribution in [-0.2, 0) is 14.4 Å². The first-order valence-corrected chi connectivity index (χ1v) is 8.59. The Morgan fingerprint density at radius 1 is 0.929 bits per heavy atom. The van der Waals surface area contributed by atoms with Gasteiger partial charge in [0.05, 0.1) is 12.5 Å². The Morgan fingerprint density at radius 2 is 1.61 bits per heavy atom. The average Bonchev–Trinajstić information content (AvgIpc) is 2.67. The van der Waals surface area contributed by atoms with E-state index < -0.39 is 35.5 Å². The zero-order valence-corrected chi connectivity index (χ0v) is 15.5. The zero-order chi connectivity index (χ0) is 20.7. The van der Waals surface area contributed by atoms with E-state index in [-0.39, 0.29) is 17.9 Å². The van der Waals surface area contributed by atoms with E-state index in [1.165, 1.54) is 20.0 Å². The number of likely N-dealkylation sites (N-methyl/N-ethyl adjacent to an activating group) is 1. The van der Waals surface area contributed by atoms with Crippen LogP contribution in [0, 0.1) is 11.6 Å². The molecular weight excluding hydrogens is 368 g/mol. The predicted octanol–water partition coefficient (Wildman–Crippen LogP) is 2.14. The lowest BCUT2D eigenvalue weighted by molar-refractivity contribution is -0.129. The van der Waals surface area contributed by atoms with Gasteiger partial charge in [-0.15, -0.1) is 0 Å². The molecule has 28 heavy (non-hydrogen) atoms. The maximum atomic E-state index is 13.6. The Balaban J connectivity index is 2.20. The minimum absolute atomic E-state index is 0.0994. The second kappa shape index (κ2) is 9.59. The van der Waals surface area contributed by atoms with Gasteiger partial charge >= 0.3 is 0 Å². The van der Waals surface area contributed by atoms with Gasteiger partial charge in [-0.1, -0.05) is 36.4 Å². The van der Waals surface area contributed by atoms with Crippen molar-refractivity contribution in [2.24, 2.45) is 0 Å². The van der Waals surface area contributed by atoms with Crippen molar-refractivity contribution in [3.63, 3.8) is 0 Å². The van der Waals surface area contributed by atoms with Crippen molar-refractivity contribution in [2.75, 3.05) is 7.05 Å². The Hall–Kier alpha value is -3.29. The van der Waals surface area contributed by atoms with Gasteiger partial charge in [0.25, 0.3) is 0 Å². The molecule has 0 aliphatic rings. The van der Waals surface area contributed by atoms with E-state index >= 15 is 0 Å². The number of rotatable bonds is 7. The number of halogens is 2. The monoisotopic (exact) mass is 389 g/mol. The lowest BCUT2D eigenvalue weighted by Gasteiger charge is -2.21. The molecule has 0 fully saturated rings. The Kier molecular flexibility index (Phi) is 7.20. The van der Waals surface area contributed by atoms with E-state index in [1.54, 1.807) is 30.3 Å². The third-order valence-corrected chi connectivity index (χ3v) is 4.06. The van der Waals surface area contributed by atoms with E-state index in [0.717, 1.165) is 17.7 Å². The van der Waals surface area contributed by atoms with Crippen LogP contribution in [0.15, 0.2) is 48.5 Å². The van der Waals surface area contributed by atoms with E-state index in [0.29, 0.717) is 0 Å². The second-order valence-corrected chi connectivity index (χ2v) is 6.16. The van der Waals surface area contributed by atoms with Gasteiger partial charge in [-0.05, 0) is 23.3 Å². The summed E-state index contributed by atoms with van der Waals surface area (Å²) in [6, 6.07) is 10.0. The van der Waals surface area contributed by atoms with Crippen molar-refractivity contribution in [1.29, 1.82) is 0 Å². The highest BCUT2D eigenvalue weighted by atomic mass is 19.2. The number of carbonyl (C=O) groups excluding carboxylic acids is 3. The molecule has 0 spiro atoms. The van der Waals surface area contributed by atoms with Gasteiger partial charge in [0.15, 0.2) is 11.6 Å². The van der Waals surface area contributed by atoms with Gasteiger partial charge in [0, 0.05) is 14.0 Å². The van der Waals surface area contributed by atoms with Crippen LogP contribution >= 0.6 is 0 Å². The molecule has 0 aliphatic carbocycles. The minimum Gasteiger partial charge on any atom is -0.357 e. The van der Waals surface area contributed by atoms with Crippen LogP contribution < -0.4 is 16.0 Å². The van der Waals surface area contributed by atoms with Crippen molar-refractivity contribution in [3.8, 4) is 0 Å². The fraction of sp³-hybridized carbons (Fsp3) is 0.250. The summed E-state index contributed by atoms with van der Waals surface area (Å²) in [5.74, 6) is -3.62. The number of hydrogen-bond acceptors (Lipinski definition) is 3. The van der Waals surface area contributed by atoms with Crippen LogP contribution in [0.25, 0.3) is 0 Å². The van der Waals surface area contributed by atoms with Gasteiger partial charge in [-0.25, -0.2) is 8.78 Å². The first kappa shape index (κ1) is 21.0. The van der Waals surface area contributed by atoms with Gasteiger partial charge < -0.3 is 16.0 Å². The second-order valence-electron chi connectivity index (χ2n) is 6.16. The van der Waals surface area contributed by atoms with Crippen molar-refractivity contribution in [3.05, 3.63) is 71.3 Å². The highest BCUT2D eigenvalue weighted by molar-refractivity contribution is 5.89. The summed E-state index contributed by atoms with van der Waals surface area (Å²) in [6.07, 6.45) is -0.138. The number of nitrogens with one attached hydrogen (secondary N) is 3. The van der Waals surface area contributed by atoms with Crippen LogP contribution in [0.1, 0.15) is 36.6 Å². The quantitative estimate of drug-likeness (QED) is 0.678.